The Morgan fingerprint density at radius 2 is 0.940 bits per heavy atom. The van der Waals surface area contributed by atoms with Crippen molar-refractivity contribution in [2.24, 2.45) is 0 Å². The lowest BCUT2D eigenvalue weighted by Crippen LogP contribution is -2.26. The molecule has 1 nitrogen and oxygen atoms in total. The van der Waals surface area contributed by atoms with E-state index >= 15 is 0 Å². The fourth-order valence-electron chi connectivity index (χ4n) is 8.81. The zero-order valence-electron chi connectivity index (χ0n) is 27.8. The van der Waals surface area contributed by atoms with Gasteiger partial charge < -0.3 is 4.90 Å². The summed E-state index contributed by atoms with van der Waals surface area (Å²) in [6.07, 6.45) is 9.10. The maximum atomic E-state index is 2.48. The van der Waals surface area contributed by atoms with E-state index in [0.29, 0.717) is 0 Å². The first-order valence-electron chi connectivity index (χ1n) is 17.7. The average Bonchev–Trinajstić information content (AvgIpc) is 3.66. The molecule has 0 heterocycles. The Balaban J connectivity index is 1.23. The Kier molecular flexibility index (Phi) is 6.60. The van der Waals surface area contributed by atoms with Crippen molar-refractivity contribution in [2.75, 3.05) is 4.90 Å². The van der Waals surface area contributed by atoms with Gasteiger partial charge in [-0.1, -0.05) is 158 Å². The summed E-state index contributed by atoms with van der Waals surface area (Å²) in [4.78, 5) is 2.46. The molecule has 0 bridgehead atoms. The molecule has 1 heteroatoms. The SMILES string of the molecule is C1=CC(c2ccc(N(c3ccc4c(c3)C3(c5ccccc5-c5ccccc53)c3ccccc3-4)c3ccccc3-c3ccccc3)cc2)=CCC1. The maximum Gasteiger partial charge on any atom is 0.0726 e. The van der Waals surface area contributed by atoms with E-state index in [0.717, 1.165) is 29.9 Å². The van der Waals surface area contributed by atoms with E-state index in [1.165, 1.54) is 66.8 Å². The van der Waals surface area contributed by atoms with Crippen LogP contribution in [0.1, 0.15) is 40.7 Å². The van der Waals surface area contributed by atoms with Gasteiger partial charge in [0, 0.05) is 16.9 Å². The van der Waals surface area contributed by atoms with Gasteiger partial charge in [-0.15, -0.1) is 0 Å². The van der Waals surface area contributed by atoms with E-state index in [1.54, 1.807) is 0 Å². The maximum absolute atomic E-state index is 2.48. The molecule has 0 aromatic heterocycles. The van der Waals surface area contributed by atoms with E-state index in [9.17, 15) is 0 Å². The molecule has 7 aromatic rings. The molecule has 7 aromatic carbocycles. The van der Waals surface area contributed by atoms with Crippen molar-refractivity contribution in [3.05, 3.63) is 216 Å². The summed E-state index contributed by atoms with van der Waals surface area (Å²) in [5.41, 5.74) is 18.7. The van der Waals surface area contributed by atoms with Crippen LogP contribution in [0.3, 0.4) is 0 Å². The second-order valence-electron chi connectivity index (χ2n) is 13.5. The number of fused-ring (bicyclic) bond motifs is 10. The van der Waals surface area contributed by atoms with Gasteiger partial charge in [0.05, 0.1) is 11.1 Å². The van der Waals surface area contributed by atoms with Gasteiger partial charge in [0.15, 0.2) is 0 Å². The average molecular weight is 638 g/mol. The van der Waals surface area contributed by atoms with Crippen molar-refractivity contribution in [3.8, 4) is 33.4 Å². The van der Waals surface area contributed by atoms with Gasteiger partial charge in [-0.05, 0) is 104 Å². The Labute approximate surface area is 294 Å². The summed E-state index contributed by atoms with van der Waals surface area (Å²) in [6, 6.07) is 63.0. The summed E-state index contributed by atoms with van der Waals surface area (Å²) in [7, 11) is 0. The molecule has 0 N–H and O–H groups in total. The predicted octanol–water partition coefficient (Wildman–Crippen LogP) is 12.9. The quantitative estimate of drug-likeness (QED) is 0.181. The smallest absolute Gasteiger partial charge is 0.0726 e. The second-order valence-corrected chi connectivity index (χ2v) is 13.5. The normalized spacial score (nSPS) is 14.4. The molecule has 3 aliphatic carbocycles. The largest absolute Gasteiger partial charge is 0.310 e. The number of para-hydroxylation sites is 1. The van der Waals surface area contributed by atoms with Crippen LogP contribution in [0.4, 0.5) is 17.1 Å². The third-order valence-corrected chi connectivity index (χ3v) is 10.9. The minimum Gasteiger partial charge on any atom is -0.310 e. The van der Waals surface area contributed by atoms with E-state index in [1.807, 2.05) is 0 Å². The number of allylic oxidation sites excluding steroid dienone is 4. The zero-order valence-corrected chi connectivity index (χ0v) is 27.8. The van der Waals surface area contributed by atoms with Crippen LogP contribution in [0.25, 0.3) is 39.0 Å². The second kappa shape index (κ2) is 11.5. The molecule has 10 rings (SSSR count). The van der Waals surface area contributed by atoms with Crippen LogP contribution in [0, 0.1) is 0 Å². The molecule has 236 valence electrons. The highest BCUT2D eigenvalue weighted by Gasteiger charge is 2.51. The molecule has 0 aliphatic heterocycles. The van der Waals surface area contributed by atoms with E-state index in [-0.39, 0.29) is 0 Å². The monoisotopic (exact) mass is 637 g/mol. The van der Waals surface area contributed by atoms with Crippen LogP contribution in [-0.4, -0.2) is 0 Å². The van der Waals surface area contributed by atoms with Crippen LogP contribution < -0.4 is 4.90 Å². The summed E-state index contributed by atoms with van der Waals surface area (Å²) < 4.78 is 0. The number of rotatable bonds is 5. The fraction of sp³-hybridized carbons (Fsp3) is 0.0612. The first kappa shape index (κ1) is 28.8. The Morgan fingerprint density at radius 1 is 0.400 bits per heavy atom. The van der Waals surface area contributed by atoms with Crippen molar-refractivity contribution in [1.82, 2.24) is 0 Å². The van der Waals surface area contributed by atoms with Gasteiger partial charge in [-0.25, -0.2) is 0 Å². The predicted molar refractivity (Wildman–Crippen MR) is 209 cm³/mol. The fourth-order valence-corrected chi connectivity index (χ4v) is 8.81. The van der Waals surface area contributed by atoms with E-state index < -0.39 is 5.41 Å². The molecule has 0 fully saturated rings. The van der Waals surface area contributed by atoms with Crippen molar-refractivity contribution >= 4 is 22.6 Å². The molecule has 50 heavy (non-hydrogen) atoms. The van der Waals surface area contributed by atoms with Gasteiger partial charge in [0.1, 0.15) is 0 Å². The molecule has 0 amide bonds. The van der Waals surface area contributed by atoms with Crippen LogP contribution in [0.15, 0.2) is 188 Å². The minimum atomic E-state index is -0.399. The van der Waals surface area contributed by atoms with Crippen molar-refractivity contribution in [2.45, 2.75) is 18.3 Å². The molecule has 3 aliphatic rings. The van der Waals surface area contributed by atoms with Crippen molar-refractivity contribution < 1.29 is 0 Å². The molecule has 0 saturated heterocycles. The zero-order chi connectivity index (χ0) is 33.1. The van der Waals surface area contributed by atoms with E-state index in [2.05, 4.69) is 193 Å². The van der Waals surface area contributed by atoms with Crippen LogP contribution >= 0.6 is 0 Å². The van der Waals surface area contributed by atoms with Gasteiger partial charge in [-0.3, -0.25) is 0 Å². The Hall–Kier alpha value is -6.18. The van der Waals surface area contributed by atoms with Gasteiger partial charge in [-0.2, -0.15) is 0 Å². The molecule has 0 radical (unpaired) electrons. The van der Waals surface area contributed by atoms with Gasteiger partial charge in [0.25, 0.3) is 0 Å². The third-order valence-electron chi connectivity index (χ3n) is 10.9. The van der Waals surface area contributed by atoms with Crippen LogP contribution in [0.5, 0.6) is 0 Å². The highest BCUT2D eigenvalue weighted by Crippen LogP contribution is 2.63. The molecule has 0 saturated carbocycles. The minimum absolute atomic E-state index is 0.399. The number of hydrogen-bond acceptors (Lipinski definition) is 1. The topological polar surface area (TPSA) is 3.24 Å². The molecular formula is C49H35N. The summed E-state index contributed by atoms with van der Waals surface area (Å²) >= 11 is 0. The lowest BCUT2D eigenvalue weighted by Gasteiger charge is -2.32. The van der Waals surface area contributed by atoms with Crippen molar-refractivity contribution in [1.29, 1.82) is 0 Å². The van der Waals surface area contributed by atoms with Crippen molar-refractivity contribution in [3.63, 3.8) is 0 Å². The summed E-state index contributed by atoms with van der Waals surface area (Å²) in [6.45, 7) is 0. The first-order chi connectivity index (χ1) is 24.8. The van der Waals surface area contributed by atoms with Gasteiger partial charge >= 0.3 is 0 Å². The van der Waals surface area contributed by atoms with Gasteiger partial charge in [0.2, 0.25) is 0 Å². The summed E-state index contributed by atoms with van der Waals surface area (Å²) in [5.74, 6) is 0. The molecular weight excluding hydrogens is 603 g/mol. The summed E-state index contributed by atoms with van der Waals surface area (Å²) in [5, 5.41) is 0. The Morgan fingerprint density at radius 3 is 1.56 bits per heavy atom. The van der Waals surface area contributed by atoms with Crippen LogP contribution in [-0.2, 0) is 5.41 Å². The highest BCUT2D eigenvalue weighted by atomic mass is 15.1. The highest BCUT2D eigenvalue weighted by molar-refractivity contribution is 5.97. The number of anilines is 3. The number of hydrogen-bond donors (Lipinski definition) is 0. The number of benzene rings is 7. The lowest BCUT2D eigenvalue weighted by atomic mass is 9.70. The van der Waals surface area contributed by atoms with Crippen LogP contribution in [0.2, 0.25) is 0 Å². The third kappa shape index (κ3) is 4.20. The lowest BCUT2D eigenvalue weighted by molar-refractivity contribution is 0.793. The number of nitrogens with zero attached hydrogens (tertiary/aromatic N) is 1. The Bertz CT molecular complexity index is 2420. The van der Waals surface area contributed by atoms with E-state index in [4.69, 9.17) is 0 Å². The molecule has 1 spiro atoms. The molecule has 0 atom stereocenters. The standard InChI is InChI=1S/C49H35N/c1-3-15-34(16-4-1)35-27-29-37(30-28-35)50(48-26-14-10-19-39(48)36-17-5-2-6-18-36)38-31-32-43-42-22-9-13-25-46(42)49(47(43)33-38)44-23-11-7-20-40(44)41-21-8-12-24-45(41)49/h2-3,5-33H,1,4H2. The molecule has 0 unspecified atom stereocenters. The first-order valence-corrected chi connectivity index (χ1v) is 17.7.